The van der Waals surface area contributed by atoms with Gasteiger partial charge in [-0.3, -0.25) is 0 Å². The molecule has 0 aliphatic rings. The third-order valence-electron chi connectivity index (χ3n) is 0.664. The molecule has 0 aliphatic carbocycles. The summed E-state index contributed by atoms with van der Waals surface area (Å²) in [5.74, 6) is 0. The van der Waals surface area contributed by atoms with Gasteiger partial charge in [0.25, 0.3) is 0 Å². The van der Waals surface area contributed by atoms with Crippen LogP contribution in [0.3, 0.4) is 0 Å². The van der Waals surface area contributed by atoms with Crippen molar-refractivity contribution in [3.8, 4) is 0 Å². The van der Waals surface area contributed by atoms with Gasteiger partial charge in [0.2, 0.25) is 0 Å². The fraction of sp³-hybridized carbons (Fsp3) is 0.750. The molecule has 0 rings (SSSR count). The molecule has 16 heavy (non-hydrogen) atoms. The van der Waals surface area contributed by atoms with E-state index in [1.54, 1.807) is 0 Å². The number of nitrogens with one attached hydrogen (secondary N) is 2. The van der Waals surface area contributed by atoms with Crippen molar-refractivity contribution in [1.82, 2.24) is 10.6 Å². The van der Waals surface area contributed by atoms with Crippen LogP contribution in [0.15, 0.2) is 0 Å². The van der Waals surface area contributed by atoms with E-state index in [0.717, 1.165) is 4.48 Å². The second-order valence-corrected chi connectivity index (χ2v) is 6.26. The maximum Gasteiger partial charge on any atom is 0.0675 e. The maximum absolute atomic E-state index is 4.59. The Kier molecular flexibility index (Phi) is 16.9. The largest absolute Gasteiger partial charge is 0.412 e. The van der Waals surface area contributed by atoms with Crippen LogP contribution >= 0.6 is 24.4 Å². The standard InChI is InChI=1S/C4H8N2S4.C4H12N.Zn/c7-3(8)5-1-2-6-4(9)10;1-5(2,3)4;/h1-2H2,(H2,5,7,8)(H2,6,9,10);1-4H3;/q;+1;/p-2. The number of quaternary nitrogens is 1. The summed E-state index contributed by atoms with van der Waals surface area (Å²) in [5, 5.41) is 5.56. The van der Waals surface area contributed by atoms with Crippen molar-refractivity contribution >= 4 is 58.3 Å². The molecule has 2 N–H and O–H groups in total. The van der Waals surface area contributed by atoms with E-state index < -0.39 is 0 Å². The average molecular weight is 350 g/mol. The molecule has 0 aliphatic heterocycles. The Bertz CT molecular complexity index is 184. The fourth-order valence-electron chi connectivity index (χ4n) is 0.329. The molecule has 0 atom stereocenters. The first-order valence-corrected chi connectivity index (χ1v) is 5.95. The van der Waals surface area contributed by atoms with Gasteiger partial charge < -0.3 is 64.8 Å². The Morgan fingerprint density at radius 1 is 0.938 bits per heavy atom. The van der Waals surface area contributed by atoms with Crippen molar-refractivity contribution in [2.24, 2.45) is 0 Å². The number of hydrogen-bond donors (Lipinski definition) is 2. The second kappa shape index (κ2) is 12.3. The molecule has 0 saturated heterocycles. The van der Waals surface area contributed by atoms with E-state index in [4.69, 9.17) is 0 Å². The van der Waals surface area contributed by atoms with Crippen molar-refractivity contribution in [2.45, 2.75) is 0 Å². The predicted molar refractivity (Wildman–Crippen MR) is 79.9 cm³/mol. The van der Waals surface area contributed by atoms with Gasteiger partial charge in [0.15, 0.2) is 0 Å². The van der Waals surface area contributed by atoms with Gasteiger partial charge in [0.05, 0.1) is 28.2 Å². The van der Waals surface area contributed by atoms with E-state index in [-0.39, 0.29) is 19.5 Å². The van der Waals surface area contributed by atoms with Gasteiger partial charge in [0, 0.05) is 32.6 Å². The molecule has 92 valence electrons. The first-order valence-electron chi connectivity index (χ1n) is 4.31. The molecule has 3 nitrogen and oxygen atoms in total. The third kappa shape index (κ3) is 46.3. The summed E-state index contributed by atoms with van der Waals surface area (Å²) in [5.41, 5.74) is 0. The van der Waals surface area contributed by atoms with Crippen LogP contribution < -0.4 is 10.6 Å². The SMILES string of the molecule is C[N+](C)(C)C.S=C([S-])NCCNC(=S)[S-].[Zn]. The summed E-state index contributed by atoms with van der Waals surface area (Å²) in [6, 6.07) is 0. The molecule has 0 amide bonds. The van der Waals surface area contributed by atoms with Gasteiger partial charge in [-0.1, -0.05) is 8.64 Å². The molecule has 8 heteroatoms. The zero-order chi connectivity index (χ0) is 12.5. The Morgan fingerprint density at radius 2 is 1.12 bits per heavy atom. The summed E-state index contributed by atoms with van der Waals surface area (Å²) in [4.78, 5) is 0. The van der Waals surface area contributed by atoms with Crippen LogP contribution in [-0.4, -0.2) is 54.4 Å². The van der Waals surface area contributed by atoms with Gasteiger partial charge in [-0.15, -0.1) is 0 Å². The van der Waals surface area contributed by atoms with Crippen LogP contribution in [0.5, 0.6) is 0 Å². The average Bonchev–Trinajstić information content (AvgIpc) is 1.94. The van der Waals surface area contributed by atoms with Crippen LogP contribution in [0.1, 0.15) is 0 Å². The van der Waals surface area contributed by atoms with Crippen LogP contribution in [0.4, 0.5) is 0 Å². The fourth-order valence-corrected chi connectivity index (χ4v) is 0.737. The molecule has 0 bridgehead atoms. The molecular weight excluding hydrogens is 332 g/mol. The molecule has 0 aromatic rings. The van der Waals surface area contributed by atoms with Crippen molar-refractivity contribution in [1.29, 1.82) is 0 Å². The van der Waals surface area contributed by atoms with Gasteiger partial charge in [-0.2, -0.15) is 0 Å². The number of nitrogens with zero attached hydrogens (tertiary/aromatic N) is 1. The van der Waals surface area contributed by atoms with Crippen LogP contribution in [0.2, 0.25) is 0 Å². The van der Waals surface area contributed by atoms with Crippen molar-refractivity contribution in [3.05, 3.63) is 0 Å². The summed E-state index contributed by atoms with van der Waals surface area (Å²) in [6.07, 6.45) is 0. The smallest absolute Gasteiger partial charge is 0.0675 e. The molecule has 0 spiro atoms. The van der Waals surface area contributed by atoms with Gasteiger partial charge >= 0.3 is 0 Å². The first kappa shape index (κ1) is 22.0. The minimum Gasteiger partial charge on any atom is -0.412 e. The quantitative estimate of drug-likeness (QED) is 0.247. The summed E-state index contributed by atoms with van der Waals surface area (Å²) < 4.78 is 1.74. The Hall–Kier alpha value is 0.803. The Labute approximate surface area is 133 Å². The topological polar surface area (TPSA) is 24.1 Å². The summed E-state index contributed by atoms with van der Waals surface area (Å²) in [7, 11) is 8.50. The first-order chi connectivity index (χ1) is 6.63. The zero-order valence-corrected chi connectivity index (χ0v) is 16.4. The van der Waals surface area contributed by atoms with Crippen LogP contribution in [0.25, 0.3) is 0 Å². The number of hydrogen-bond acceptors (Lipinski definition) is 4. The van der Waals surface area contributed by atoms with Crippen LogP contribution in [-0.2, 0) is 44.7 Å². The predicted octanol–water partition coefficient (Wildman–Crippen LogP) is 0.149. The molecule has 0 radical (unpaired) electrons. The monoisotopic (exact) mass is 348 g/mol. The van der Waals surface area contributed by atoms with E-state index in [1.165, 1.54) is 0 Å². The maximum atomic E-state index is 4.59. The van der Waals surface area contributed by atoms with Gasteiger partial charge in [-0.05, 0) is 0 Å². The number of rotatable bonds is 3. The normalized spacial score (nSPS) is 9.00. The Morgan fingerprint density at radius 3 is 1.25 bits per heavy atom. The van der Waals surface area contributed by atoms with Crippen molar-refractivity contribution < 1.29 is 24.0 Å². The van der Waals surface area contributed by atoms with E-state index in [9.17, 15) is 0 Å². The zero-order valence-electron chi connectivity index (χ0n) is 10.2. The number of thiocarbonyl (C=S) groups is 2. The molecule has 0 saturated carbocycles. The molecule has 0 heterocycles. The van der Waals surface area contributed by atoms with Gasteiger partial charge in [-0.25, -0.2) is 0 Å². The van der Waals surface area contributed by atoms with Crippen LogP contribution in [0, 0.1) is 0 Å². The molecule has 0 unspecified atom stereocenters. The Balaban J connectivity index is -0.000000242. The van der Waals surface area contributed by atoms with Gasteiger partial charge in [0.1, 0.15) is 0 Å². The molecular formula is C8H18N3S4Zn-. The minimum absolute atomic E-state index is 0. The second-order valence-electron chi connectivity index (χ2n) is 4.11. The van der Waals surface area contributed by atoms with E-state index >= 15 is 0 Å². The summed E-state index contributed by atoms with van der Waals surface area (Å²) >= 11 is 18.4. The van der Waals surface area contributed by atoms with E-state index in [1.807, 2.05) is 0 Å². The summed E-state index contributed by atoms with van der Waals surface area (Å²) in [6.45, 7) is 1.33. The van der Waals surface area contributed by atoms with Crippen molar-refractivity contribution in [3.63, 3.8) is 0 Å². The van der Waals surface area contributed by atoms with E-state index in [0.29, 0.717) is 21.7 Å². The van der Waals surface area contributed by atoms with Crippen molar-refractivity contribution in [2.75, 3.05) is 41.3 Å². The van der Waals surface area contributed by atoms with E-state index in [2.05, 4.69) is 88.5 Å². The molecule has 0 aromatic heterocycles. The minimum atomic E-state index is 0. The molecule has 0 fully saturated rings. The molecule has 0 aromatic carbocycles. The third-order valence-corrected chi connectivity index (χ3v) is 1.24.